The summed E-state index contributed by atoms with van der Waals surface area (Å²) in [6.45, 7) is 0. The standard InChI is InChI=1S/C62H43NO/c1-2-14-48-40-49(29-26-42(48)12-1)56-18-6-5-17-54(56)47-32-37-52(38-33-47)63(60-22-9-7-19-57(60)50-34-39-62-59(41-50)58-20-8-10-23-61(58)64-62)51-35-30-44(31-36-51)43-24-27-46(28-25-43)55-21-11-15-45-13-3-4-16-53(45)55/h1-41,58,61H. The zero-order chi connectivity index (χ0) is 42.4. The van der Waals surface area contributed by atoms with Crippen LogP contribution in [0.15, 0.2) is 249 Å². The number of fused-ring (bicyclic) bond motifs is 5. The summed E-state index contributed by atoms with van der Waals surface area (Å²) in [5, 5.41) is 5.01. The molecule has 0 spiro atoms. The lowest BCUT2D eigenvalue weighted by atomic mass is 9.89. The maximum Gasteiger partial charge on any atom is 0.128 e. The third-order valence-electron chi connectivity index (χ3n) is 13.0. The third-order valence-corrected chi connectivity index (χ3v) is 13.0. The van der Waals surface area contributed by atoms with Crippen molar-refractivity contribution in [2.75, 3.05) is 4.90 Å². The molecule has 2 unspecified atom stereocenters. The summed E-state index contributed by atoms with van der Waals surface area (Å²) in [6, 6.07) is 81.8. The second-order valence-corrected chi connectivity index (χ2v) is 16.8. The highest BCUT2D eigenvalue weighted by Gasteiger charge is 2.32. The highest BCUT2D eigenvalue weighted by Crippen LogP contribution is 2.47. The monoisotopic (exact) mass is 817 g/mol. The molecule has 10 aromatic rings. The van der Waals surface area contributed by atoms with Crippen LogP contribution in [-0.4, -0.2) is 6.10 Å². The van der Waals surface area contributed by atoms with Gasteiger partial charge in [0, 0.05) is 28.4 Å². The van der Waals surface area contributed by atoms with Crippen molar-refractivity contribution in [1.82, 2.24) is 0 Å². The van der Waals surface area contributed by atoms with E-state index in [0.29, 0.717) is 0 Å². The number of hydrogen-bond donors (Lipinski definition) is 0. The molecule has 12 rings (SSSR count). The minimum atomic E-state index is 0.0415. The number of anilines is 3. The molecule has 2 aliphatic rings. The number of rotatable bonds is 8. The fourth-order valence-electron chi connectivity index (χ4n) is 9.81. The van der Waals surface area contributed by atoms with Crippen LogP contribution in [0.5, 0.6) is 5.75 Å². The Morgan fingerprint density at radius 3 is 1.64 bits per heavy atom. The molecule has 2 atom stereocenters. The first-order valence-corrected chi connectivity index (χ1v) is 22.1. The summed E-state index contributed by atoms with van der Waals surface area (Å²) in [4.78, 5) is 2.40. The molecule has 0 aromatic heterocycles. The average Bonchev–Trinajstić information content (AvgIpc) is 3.75. The van der Waals surface area contributed by atoms with Crippen molar-refractivity contribution in [2.24, 2.45) is 0 Å². The van der Waals surface area contributed by atoms with Crippen molar-refractivity contribution in [3.8, 4) is 61.4 Å². The van der Waals surface area contributed by atoms with Crippen LogP contribution in [0.25, 0.3) is 77.2 Å². The summed E-state index contributed by atoms with van der Waals surface area (Å²) in [5.41, 5.74) is 16.4. The van der Waals surface area contributed by atoms with E-state index in [1.54, 1.807) is 0 Å². The van der Waals surface area contributed by atoms with Crippen molar-refractivity contribution in [3.63, 3.8) is 0 Å². The first-order chi connectivity index (χ1) is 31.7. The van der Waals surface area contributed by atoms with Gasteiger partial charge in [-0.15, -0.1) is 0 Å². The molecule has 0 amide bonds. The Hall–Kier alpha value is -8.20. The van der Waals surface area contributed by atoms with E-state index in [9.17, 15) is 0 Å². The Labute approximate surface area is 374 Å². The van der Waals surface area contributed by atoms with Gasteiger partial charge in [-0.1, -0.05) is 194 Å². The van der Waals surface area contributed by atoms with Gasteiger partial charge >= 0.3 is 0 Å². The number of ether oxygens (including phenoxy) is 1. The molecule has 1 aliphatic heterocycles. The number of nitrogens with zero attached hydrogens (tertiary/aromatic N) is 1. The Bertz CT molecular complexity index is 3410. The summed E-state index contributed by atoms with van der Waals surface area (Å²) < 4.78 is 6.37. The van der Waals surface area contributed by atoms with Crippen molar-refractivity contribution in [3.05, 3.63) is 254 Å². The van der Waals surface area contributed by atoms with Gasteiger partial charge in [0.2, 0.25) is 0 Å². The molecule has 2 nitrogen and oxygen atoms in total. The second kappa shape index (κ2) is 15.9. The van der Waals surface area contributed by atoms with Gasteiger partial charge in [0.15, 0.2) is 0 Å². The van der Waals surface area contributed by atoms with Gasteiger partial charge < -0.3 is 9.64 Å². The molecule has 0 fully saturated rings. The molecule has 302 valence electrons. The summed E-state index contributed by atoms with van der Waals surface area (Å²) in [7, 11) is 0. The van der Waals surface area contributed by atoms with E-state index in [1.807, 2.05) is 0 Å². The summed E-state index contributed by atoms with van der Waals surface area (Å²) in [5.74, 6) is 1.17. The zero-order valence-corrected chi connectivity index (χ0v) is 35.2. The van der Waals surface area contributed by atoms with Crippen LogP contribution in [-0.2, 0) is 0 Å². The SMILES string of the molecule is C1=CC2Oc3ccc(-c4ccccc4N(c4ccc(-c5ccc(-c6cccc7ccccc67)cc5)cc4)c4ccc(-c5ccccc5-c5ccc6ccccc6c5)cc4)cc3C2C=C1. The largest absolute Gasteiger partial charge is 0.485 e. The van der Waals surface area contributed by atoms with E-state index in [0.717, 1.165) is 33.9 Å². The average molecular weight is 818 g/mol. The van der Waals surface area contributed by atoms with E-state index in [-0.39, 0.29) is 12.0 Å². The van der Waals surface area contributed by atoms with Crippen LogP contribution in [0.4, 0.5) is 17.1 Å². The lowest BCUT2D eigenvalue weighted by Crippen LogP contribution is -2.15. The number of hydrogen-bond acceptors (Lipinski definition) is 2. The lowest BCUT2D eigenvalue weighted by molar-refractivity contribution is 0.269. The quantitative estimate of drug-likeness (QED) is 0.151. The van der Waals surface area contributed by atoms with Crippen LogP contribution >= 0.6 is 0 Å². The molecule has 1 aliphatic carbocycles. The van der Waals surface area contributed by atoms with Crippen LogP contribution in [0, 0.1) is 0 Å². The second-order valence-electron chi connectivity index (χ2n) is 16.8. The molecule has 2 heteroatoms. The van der Waals surface area contributed by atoms with Gasteiger partial charge in [-0.25, -0.2) is 0 Å². The normalized spacial score (nSPS) is 14.9. The van der Waals surface area contributed by atoms with E-state index in [2.05, 4.69) is 254 Å². The van der Waals surface area contributed by atoms with E-state index in [4.69, 9.17) is 4.74 Å². The topological polar surface area (TPSA) is 12.5 Å². The molecule has 10 aromatic carbocycles. The highest BCUT2D eigenvalue weighted by molar-refractivity contribution is 5.97. The van der Waals surface area contributed by atoms with Gasteiger partial charge in [-0.2, -0.15) is 0 Å². The first-order valence-electron chi connectivity index (χ1n) is 22.1. The van der Waals surface area contributed by atoms with Crippen molar-refractivity contribution < 1.29 is 4.74 Å². The van der Waals surface area contributed by atoms with Gasteiger partial charge in [0.1, 0.15) is 11.9 Å². The maximum atomic E-state index is 6.37. The number of allylic oxidation sites excluding steroid dienone is 2. The Morgan fingerprint density at radius 2 is 0.859 bits per heavy atom. The summed E-state index contributed by atoms with van der Waals surface area (Å²) >= 11 is 0. The Morgan fingerprint density at radius 1 is 0.344 bits per heavy atom. The predicted molar refractivity (Wildman–Crippen MR) is 269 cm³/mol. The fourth-order valence-corrected chi connectivity index (χ4v) is 9.81. The van der Waals surface area contributed by atoms with Crippen LogP contribution in [0.2, 0.25) is 0 Å². The van der Waals surface area contributed by atoms with Gasteiger partial charge in [0.25, 0.3) is 0 Å². The number of para-hydroxylation sites is 1. The molecule has 0 N–H and O–H groups in total. The van der Waals surface area contributed by atoms with Crippen molar-refractivity contribution in [1.29, 1.82) is 0 Å². The lowest BCUT2D eigenvalue weighted by Gasteiger charge is -2.28. The van der Waals surface area contributed by atoms with Gasteiger partial charge in [-0.3, -0.25) is 0 Å². The molecular weight excluding hydrogens is 775 g/mol. The molecule has 1 heterocycles. The smallest absolute Gasteiger partial charge is 0.128 e. The molecule has 0 radical (unpaired) electrons. The van der Waals surface area contributed by atoms with Crippen LogP contribution in [0.1, 0.15) is 11.5 Å². The third kappa shape index (κ3) is 6.77. The molecule has 64 heavy (non-hydrogen) atoms. The van der Waals surface area contributed by atoms with E-state index >= 15 is 0 Å². The van der Waals surface area contributed by atoms with Crippen LogP contribution < -0.4 is 9.64 Å². The Balaban J connectivity index is 0.929. The van der Waals surface area contributed by atoms with E-state index in [1.165, 1.54) is 71.6 Å². The molecule has 0 bridgehead atoms. The maximum absolute atomic E-state index is 6.37. The van der Waals surface area contributed by atoms with Gasteiger partial charge in [0.05, 0.1) is 5.69 Å². The first kappa shape index (κ1) is 37.6. The predicted octanol–water partition coefficient (Wildman–Crippen LogP) is 16.8. The molecule has 0 saturated carbocycles. The molecular formula is C62H43NO. The van der Waals surface area contributed by atoms with Crippen molar-refractivity contribution in [2.45, 2.75) is 12.0 Å². The molecule has 0 saturated heterocycles. The van der Waals surface area contributed by atoms with Crippen LogP contribution in [0.3, 0.4) is 0 Å². The minimum absolute atomic E-state index is 0.0415. The highest BCUT2D eigenvalue weighted by atomic mass is 16.5. The fraction of sp³-hybridized carbons (Fsp3) is 0.0323. The summed E-state index contributed by atoms with van der Waals surface area (Å²) in [6.07, 6.45) is 8.68. The minimum Gasteiger partial charge on any atom is -0.485 e. The Kier molecular flexibility index (Phi) is 9.34. The van der Waals surface area contributed by atoms with E-state index < -0.39 is 0 Å². The zero-order valence-electron chi connectivity index (χ0n) is 35.2. The van der Waals surface area contributed by atoms with Gasteiger partial charge in [-0.05, 0) is 126 Å². The number of benzene rings is 10. The van der Waals surface area contributed by atoms with Crippen molar-refractivity contribution >= 4 is 38.6 Å².